The fourth-order valence-corrected chi connectivity index (χ4v) is 4.26. The van der Waals surface area contributed by atoms with Crippen LogP contribution in [0, 0.1) is 0 Å². The largest absolute Gasteiger partial charge is 0.494 e. The number of aromatic amines is 1. The first-order valence-corrected chi connectivity index (χ1v) is 11.0. The molecule has 7 heteroatoms. The molecule has 0 aliphatic carbocycles. The van der Waals surface area contributed by atoms with Crippen molar-refractivity contribution in [2.45, 2.75) is 36.6 Å². The van der Waals surface area contributed by atoms with Crippen LogP contribution in [0.2, 0.25) is 0 Å². The normalized spacial score (nSPS) is 15.4. The summed E-state index contributed by atoms with van der Waals surface area (Å²) in [5.74, 6) is 1.33. The van der Waals surface area contributed by atoms with E-state index in [0.29, 0.717) is 28.9 Å². The SMILES string of the molecule is CCCOc1ccc([C@@H]2CC(=O)Nc3nc(SCc4ccccc4)[nH]c(=O)c32)cc1. The first kappa shape index (κ1) is 20.2. The second kappa shape index (κ2) is 9.17. The van der Waals surface area contributed by atoms with Gasteiger partial charge < -0.3 is 15.0 Å². The number of carbonyl (C=O) groups is 1. The van der Waals surface area contributed by atoms with Crippen LogP contribution >= 0.6 is 11.8 Å². The molecule has 30 heavy (non-hydrogen) atoms. The highest BCUT2D eigenvalue weighted by molar-refractivity contribution is 7.98. The second-order valence-corrected chi connectivity index (χ2v) is 8.09. The molecule has 0 saturated heterocycles. The first-order chi connectivity index (χ1) is 14.6. The number of hydrogen-bond acceptors (Lipinski definition) is 5. The minimum atomic E-state index is -0.335. The Morgan fingerprint density at radius 1 is 1.10 bits per heavy atom. The van der Waals surface area contributed by atoms with Crippen molar-refractivity contribution in [2.75, 3.05) is 11.9 Å². The van der Waals surface area contributed by atoms with Crippen LogP contribution in [-0.2, 0) is 10.5 Å². The molecule has 6 nitrogen and oxygen atoms in total. The molecule has 1 aliphatic heterocycles. The van der Waals surface area contributed by atoms with E-state index in [1.54, 1.807) is 0 Å². The molecule has 2 aromatic carbocycles. The Bertz CT molecular complexity index is 1080. The number of nitrogens with one attached hydrogen (secondary N) is 2. The Morgan fingerprint density at radius 2 is 1.87 bits per heavy atom. The zero-order valence-electron chi connectivity index (χ0n) is 16.7. The molecule has 0 bridgehead atoms. The lowest BCUT2D eigenvalue weighted by Gasteiger charge is -2.24. The van der Waals surface area contributed by atoms with Crippen molar-refractivity contribution < 1.29 is 9.53 Å². The Kier molecular flexibility index (Phi) is 6.18. The molecule has 1 atom stereocenters. The van der Waals surface area contributed by atoms with Gasteiger partial charge in [-0.1, -0.05) is 61.2 Å². The van der Waals surface area contributed by atoms with Crippen LogP contribution in [0.25, 0.3) is 0 Å². The van der Waals surface area contributed by atoms with Crippen LogP contribution in [0.15, 0.2) is 64.5 Å². The van der Waals surface area contributed by atoms with E-state index in [1.165, 1.54) is 11.8 Å². The van der Waals surface area contributed by atoms with Crippen molar-refractivity contribution in [1.82, 2.24) is 9.97 Å². The van der Waals surface area contributed by atoms with Crippen LogP contribution in [0.3, 0.4) is 0 Å². The van der Waals surface area contributed by atoms with Gasteiger partial charge in [0.1, 0.15) is 11.6 Å². The zero-order chi connectivity index (χ0) is 20.9. The summed E-state index contributed by atoms with van der Waals surface area (Å²) < 4.78 is 5.63. The van der Waals surface area contributed by atoms with Gasteiger partial charge in [0.25, 0.3) is 5.56 Å². The molecule has 3 aromatic rings. The predicted molar refractivity (Wildman–Crippen MR) is 118 cm³/mol. The summed E-state index contributed by atoms with van der Waals surface area (Å²) in [4.78, 5) is 32.6. The number of anilines is 1. The number of benzene rings is 2. The molecule has 2 N–H and O–H groups in total. The van der Waals surface area contributed by atoms with Crippen LogP contribution in [0.4, 0.5) is 5.82 Å². The second-order valence-electron chi connectivity index (χ2n) is 7.13. The summed E-state index contributed by atoms with van der Waals surface area (Å²) in [7, 11) is 0. The molecule has 1 aromatic heterocycles. The molecule has 1 amide bonds. The molecule has 154 valence electrons. The summed E-state index contributed by atoms with van der Waals surface area (Å²) in [5.41, 5.74) is 2.31. The van der Waals surface area contributed by atoms with E-state index in [4.69, 9.17) is 4.74 Å². The van der Waals surface area contributed by atoms with Crippen LogP contribution in [-0.4, -0.2) is 22.5 Å². The fourth-order valence-electron chi connectivity index (χ4n) is 3.45. The van der Waals surface area contributed by atoms with Gasteiger partial charge in [-0.3, -0.25) is 9.59 Å². The van der Waals surface area contributed by atoms with Gasteiger partial charge in [-0.25, -0.2) is 4.98 Å². The topological polar surface area (TPSA) is 84.1 Å². The van der Waals surface area contributed by atoms with E-state index in [0.717, 1.165) is 23.3 Å². The zero-order valence-corrected chi connectivity index (χ0v) is 17.5. The van der Waals surface area contributed by atoms with Gasteiger partial charge in [0.05, 0.1) is 12.2 Å². The predicted octanol–water partition coefficient (Wildman–Crippen LogP) is 4.33. The fraction of sp³-hybridized carbons (Fsp3) is 0.261. The van der Waals surface area contributed by atoms with Gasteiger partial charge in [-0.2, -0.15) is 0 Å². The quantitative estimate of drug-likeness (QED) is 0.438. The Labute approximate surface area is 179 Å². The third-order valence-electron chi connectivity index (χ3n) is 4.90. The molecule has 4 rings (SSSR count). The monoisotopic (exact) mass is 421 g/mol. The number of ether oxygens (including phenoxy) is 1. The Balaban J connectivity index is 1.59. The van der Waals surface area contributed by atoms with Gasteiger partial charge in [-0.05, 0) is 29.7 Å². The molecule has 0 unspecified atom stereocenters. The van der Waals surface area contributed by atoms with E-state index in [1.807, 2.05) is 54.6 Å². The highest BCUT2D eigenvalue weighted by atomic mass is 32.2. The van der Waals surface area contributed by atoms with Gasteiger partial charge in [0.2, 0.25) is 5.91 Å². The smallest absolute Gasteiger partial charge is 0.257 e. The molecular weight excluding hydrogens is 398 g/mol. The molecular formula is C23H23N3O3S. The number of H-pyrrole nitrogens is 1. The standard InChI is InChI=1S/C23H23N3O3S/c1-2-12-29-17-10-8-16(9-11-17)18-13-19(27)24-21-20(18)22(28)26-23(25-21)30-14-15-6-4-3-5-7-15/h3-11,18H,2,12-14H2,1H3,(H2,24,25,26,27,28)/t18-/m0/s1. The van der Waals surface area contributed by atoms with Gasteiger partial charge in [0.15, 0.2) is 5.16 Å². The van der Waals surface area contributed by atoms with E-state index in [9.17, 15) is 9.59 Å². The average molecular weight is 422 g/mol. The maximum atomic E-state index is 12.9. The van der Waals surface area contributed by atoms with E-state index in [-0.39, 0.29) is 23.8 Å². The number of rotatable bonds is 7. The molecule has 2 heterocycles. The van der Waals surface area contributed by atoms with Gasteiger partial charge in [0, 0.05) is 18.1 Å². The highest BCUT2D eigenvalue weighted by Gasteiger charge is 2.31. The lowest BCUT2D eigenvalue weighted by molar-refractivity contribution is -0.116. The van der Waals surface area contributed by atoms with E-state index < -0.39 is 0 Å². The number of carbonyl (C=O) groups excluding carboxylic acids is 1. The summed E-state index contributed by atoms with van der Waals surface area (Å²) in [6.45, 7) is 2.71. The number of nitrogens with zero attached hydrogens (tertiary/aromatic N) is 1. The van der Waals surface area contributed by atoms with E-state index >= 15 is 0 Å². The average Bonchev–Trinajstić information content (AvgIpc) is 2.76. The molecule has 0 radical (unpaired) electrons. The van der Waals surface area contributed by atoms with Crippen molar-refractivity contribution in [3.63, 3.8) is 0 Å². The summed E-state index contributed by atoms with van der Waals surface area (Å²) >= 11 is 1.43. The maximum Gasteiger partial charge on any atom is 0.257 e. The van der Waals surface area contributed by atoms with Crippen molar-refractivity contribution in [3.05, 3.63) is 81.6 Å². The van der Waals surface area contributed by atoms with Gasteiger partial charge >= 0.3 is 0 Å². The molecule has 0 fully saturated rings. The number of hydrogen-bond donors (Lipinski definition) is 2. The third kappa shape index (κ3) is 4.57. The number of fused-ring (bicyclic) bond motifs is 1. The lowest BCUT2D eigenvalue weighted by Crippen LogP contribution is -2.31. The maximum absolute atomic E-state index is 12.9. The molecule has 0 spiro atoms. The van der Waals surface area contributed by atoms with Crippen molar-refractivity contribution in [3.8, 4) is 5.75 Å². The summed E-state index contributed by atoms with van der Waals surface area (Å²) in [6, 6.07) is 17.5. The summed E-state index contributed by atoms with van der Waals surface area (Å²) in [5, 5.41) is 3.26. The van der Waals surface area contributed by atoms with E-state index in [2.05, 4.69) is 22.2 Å². The minimum Gasteiger partial charge on any atom is -0.494 e. The van der Waals surface area contributed by atoms with Crippen LogP contribution < -0.4 is 15.6 Å². The lowest BCUT2D eigenvalue weighted by atomic mass is 9.87. The summed E-state index contributed by atoms with van der Waals surface area (Å²) in [6.07, 6.45) is 1.15. The van der Waals surface area contributed by atoms with Crippen molar-refractivity contribution in [1.29, 1.82) is 0 Å². The van der Waals surface area contributed by atoms with Gasteiger partial charge in [-0.15, -0.1) is 0 Å². The van der Waals surface area contributed by atoms with Crippen molar-refractivity contribution in [2.24, 2.45) is 0 Å². The first-order valence-electron chi connectivity index (χ1n) is 9.97. The number of amides is 1. The number of thioether (sulfide) groups is 1. The van der Waals surface area contributed by atoms with Crippen LogP contribution in [0.5, 0.6) is 5.75 Å². The Hall–Kier alpha value is -3.06. The molecule has 0 saturated carbocycles. The van der Waals surface area contributed by atoms with Crippen LogP contribution in [0.1, 0.15) is 42.4 Å². The molecule has 1 aliphatic rings. The van der Waals surface area contributed by atoms with Crippen molar-refractivity contribution >= 4 is 23.5 Å². The number of aromatic nitrogens is 2. The Morgan fingerprint density at radius 3 is 2.60 bits per heavy atom. The highest BCUT2D eigenvalue weighted by Crippen LogP contribution is 2.35. The third-order valence-corrected chi connectivity index (χ3v) is 5.85. The minimum absolute atomic E-state index is 0.143.